The Morgan fingerprint density at radius 3 is 2.34 bits per heavy atom. The third kappa shape index (κ3) is 5.88. The number of aliphatic hydroxyl groups excluding tert-OH is 1. The van der Waals surface area contributed by atoms with E-state index in [1.165, 1.54) is 4.90 Å². The van der Waals surface area contributed by atoms with Crippen LogP contribution in [-0.2, 0) is 19.7 Å². The second kappa shape index (κ2) is 10.8. The summed E-state index contributed by atoms with van der Waals surface area (Å²) in [5.74, 6) is -0.889. The predicted octanol–water partition coefficient (Wildman–Crippen LogP) is 5.88. The molecule has 2 aromatic rings. The molecule has 1 saturated heterocycles. The van der Waals surface area contributed by atoms with Crippen molar-refractivity contribution in [2.24, 2.45) is 0 Å². The SMILES string of the molecule is CCOc1ccc(/C(O)=C2/C(=O)C(=O)N(CCOC(C)C)C2c2ccc(Cl)cc2)cc1C(C)(C)C. The molecule has 2 aromatic carbocycles. The minimum Gasteiger partial charge on any atom is -0.507 e. The Kier molecular flexibility index (Phi) is 8.29. The number of ether oxygens (including phenoxy) is 2. The molecule has 6 nitrogen and oxygen atoms in total. The number of benzene rings is 2. The molecular weight excluding hydrogens is 466 g/mol. The number of amides is 1. The van der Waals surface area contributed by atoms with Gasteiger partial charge < -0.3 is 19.5 Å². The average Bonchev–Trinajstić information content (AvgIpc) is 3.03. The van der Waals surface area contributed by atoms with Gasteiger partial charge in [-0.25, -0.2) is 0 Å². The minimum absolute atomic E-state index is 0.0134. The van der Waals surface area contributed by atoms with E-state index in [2.05, 4.69) is 20.8 Å². The number of ketones is 1. The second-order valence-electron chi connectivity index (χ2n) is 9.86. The maximum Gasteiger partial charge on any atom is 0.295 e. The first-order valence-electron chi connectivity index (χ1n) is 11.9. The highest BCUT2D eigenvalue weighted by Gasteiger charge is 2.46. The highest BCUT2D eigenvalue weighted by molar-refractivity contribution is 6.46. The van der Waals surface area contributed by atoms with Gasteiger partial charge in [-0.15, -0.1) is 0 Å². The van der Waals surface area contributed by atoms with E-state index in [0.717, 1.165) is 11.3 Å². The van der Waals surface area contributed by atoms with Crippen molar-refractivity contribution in [1.29, 1.82) is 0 Å². The van der Waals surface area contributed by atoms with Crippen LogP contribution in [0, 0.1) is 0 Å². The summed E-state index contributed by atoms with van der Waals surface area (Å²) < 4.78 is 11.4. The van der Waals surface area contributed by atoms with Gasteiger partial charge in [0.25, 0.3) is 11.7 Å². The molecule has 188 valence electrons. The Balaban J connectivity index is 2.15. The van der Waals surface area contributed by atoms with Crippen LogP contribution in [0.15, 0.2) is 48.0 Å². The summed E-state index contributed by atoms with van der Waals surface area (Å²) in [5, 5.41) is 12.0. The smallest absolute Gasteiger partial charge is 0.295 e. The van der Waals surface area contributed by atoms with Gasteiger partial charge in [0, 0.05) is 22.7 Å². The Labute approximate surface area is 212 Å². The van der Waals surface area contributed by atoms with Crippen molar-refractivity contribution in [3.63, 3.8) is 0 Å². The molecular formula is C28H34ClNO5. The molecule has 1 amide bonds. The topological polar surface area (TPSA) is 76.1 Å². The van der Waals surface area contributed by atoms with Crippen molar-refractivity contribution in [2.75, 3.05) is 19.8 Å². The molecule has 1 N–H and O–H groups in total. The summed E-state index contributed by atoms with van der Waals surface area (Å²) in [4.78, 5) is 27.8. The van der Waals surface area contributed by atoms with Crippen LogP contribution in [-0.4, -0.2) is 47.6 Å². The molecule has 0 aromatic heterocycles. The molecule has 0 bridgehead atoms. The lowest BCUT2D eigenvalue weighted by atomic mass is 9.84. The van der Waals surface area contributed by atoms with E-state index in [1.54, 1.807) is 36.4 Å². The average molecular weight is 500 g/mol. The molecule has 0 radical (unpaired) electrons. The zero-order chi connectivity index (χ0) is 25.9. The first-order chi connectivity index (χ1) is 16.5. The van der Waals surface area contributed by atoms with Gasteiger partial charge in [-0.1, -0.05) is 44.5 Å². The maximum absolute atomic E-state index is 13.2. The second-order valence-corrected chi connectivity index (χ2v) is 10.3. The molecule has 0 saturated carbocycles. The number of nitrogens with zero attached hydrogens (tertiary/aromatic N) is 1. The summed E-state index contributed by atoms with van der Waals surface area (Å²) in [7, 11) is 0. The number of aliphatic hydroxyl groups is 1. The molecule has 1 atom stereocenters. The quantitative estimate of drug-likeness (QED) is 0.279. The van der Waals surface area contributed by atoms with E-state index in [1.807, 2.05) is 26.8 Å². The summed E-state index contributed by atoms with van der Waals surface area (Å²) >= 11 is 6.09. The van der Waals surface area contributed by atoms with Gasteiger partial charge >= 0.3 is 0 Å². The molecule has 1 aliphatic heterocycles. The molecule has 0 aliphatic carbocycles. The van der Waals surface area contributed by atoms with Crippen LogP contribution in [0.3, 0.4) is 0 Å². The number of rotatable bonds is 8. The van der Waals surface area contributed by atoms with Crippen LogP contribution in [0.25, 0.3) is 5.76 Å². The highest BCUT2D eigenvalue weighted by atomic mass is 35.5. The zero-order valence-corrected chi connectivity index (χ0v) is 22.0. The van der Waals surface area contributed by atoms with Gasteiger partial charge in [0.2, 0.25) is 0 Å². The fourth-order valence-corrected chi connectivity index (χ4v) is 4.32. The van der Waals surface area contributed by atoms with Crippen molar-refractivity contribution >= 4 is 29.1 Å². The van der Waals surface area contributed by atoms with E-state index < -0.39 is 17.7 Å². The minimum atomic E-state index is -0.757. The lowest BCUT2D eigenvalue weighted by Gasteiger charge is -2.26. The standard InChI is InChI=1S/C28H34ClNO5/c1-7-34-22-13-10-19(16-21(22)28(4,5)6)25(31)23-24(18-8-11-20(29)12-9-18)30(27(33)26(23)32)14-15-35-17(2)3/h8-13,16-17,24,31H,7,14-15H2,1-6H3/b25-23-. The summed E-state index contributed by atoms with van der Waals surface area (Å²) in [6.07, 6.45) is -0.0134. The van der Waals surface area contributed by atoms with Crippen molar-refractivity contribution in [3.8, 4) is 5.75 Å². The van der Waals surface area contributed by atoms with Gasteiger partial charge in [0.1, 0.15) is 11.5 Å². The van der Waals surface area contributed by atoms with Crippen LogP contribution >= 0.6 is 11.6 Å². The number of likely N-dealkylation sites (tertiary alicyclic amines) is 1. The first kappa shape index (κ1) is 26.8. The number of hydrogen-bond donors (Lipinski definition) is 1. The van der Waals surface area contributed by atoms with Crippen molar-refractivity contribution in [2.45, 2.75) is 59.1 Å². The summed E-state index contributed by atoms with van der Waals surface area (Å²) in [6.45, 7) is 12.9. The van der Waals surface area contributed by atoms with Gasteiger partial charge in [0.05, 0.1) is 30.9 Å². The van der Waals surface area contributed by atoms with E-state index >= 15 is 0 Å². The van der Waals surface area contributed by atoms with Gasteiger partial charge in [0.15, 0.2) is 0 Å². The first-order valence-corrected chi connectivity index (χ1v) is 12.3. The van der Waals surface area contributed by atoms with Gasteiger partial charge in [-0.3, -0.25) is 9.59 Å². The molecule has 1 aliphatic rings. The summed E-state index contributed by atoms with van der Waals surface area (Å²) in [6, 6.07) is 11.5. The number of halogens is 1. The van der Waals surface area contributed by atoms with E-state index in [-0.39, 0.29) is 36.0 Å². The van der Waals surface area contributed by atoms with E-state index in [9.17, 15) is 14.7 Å². The molecule has 0 spiro atoms. The third-order valence-electron chi connectivity index (χ3n) is 5.87. The molecule has 3 rings (SSSR count). The summed E-state index contributed by atoms with van der Waals surface area (Å²) in [5.41, 5.74) is 1.81. The van der Waals surface area contributed by atoms with Crippen molar-refractivity contribution in [1.82, 2.24) is 4.90 Å². The highest BCUT2D eigenvalue weighted by Crippen LogP contribution is 2.41. The number of Topliss-reactive ketones (excluding diaryl/α,β-unsaturated/α-hetero) is 1. The van der Waals surface area contributed by atoms with Crippen LogP contribution in [0.5, 0.6) is 5.75 Å². The van der Waals surface area contributed by atoms with Crippen LogP contribution in [0.4, 0.5) is 0 Å². The Bertz CT molecular complexity index is 1120. The molecule has 7 heteroatoms. The molecule has 1 unspecified atom stereocenters. The largest absolute Gasteiger partial charge is 0.507 e. The molecule has 1 heterocycles. The van der Waals surface area contributed by atoms with Crippen LogP contribution in [0.1, 0.15) is 64.3 Å². The molecule has 1 fully saturated rings. The zero-order valence-electron chi connectivity index (χ0n) is 21.2. The van der Waals surface area contributed by atoms with Crippen molar-refractivity contribution < 1.29 is 24.2 Å². The number of hydrogen-bond acceptors (Lipinski definition) is 5. The fraction of sp³-hybridized carbons (Fsp3) is 0.429. The van der Waals surface area contributed by atoms with Gasteiger partial charge in [-0.2, -0.15) is 0 Å². The van der Waals surface area contributed by atoms with Crippen LogP contribution in [0.2, 0.25) is 5.02 Å². The lowest BCUT2D eigenvalue weighted by Crippen LogP contribution is -2.33. The van der Waals surface area contributed by atoms with Crippen LogP contribution < -0.4 is 4.74 Å². The molecule has 35 heavy (non-hydrogen) atoms. The van der Waals surface area contributed by atoms with E-state index in [4.69, 9.17) is 21.1 Å². The number of carbonyl (C=O) groups is 2. The maximum atomic E-state index is 13.2. The Morgan fingerprint density at radius 1 is 1.11 bits per heavy atom. The van der Waals surface area contributed by atoms with Gasteiger partial charge in [-0.05, 0) is 62.1 Å². The normalized spacial score (nSPS) is 17.9. The van der Waals surface area contributed by atoms with E-state index in [0.29, 0.717) is 22.8 Å². The lowest BCUT2D eigenvalue weighted by molar-refractivity contribution is -0.140. The Hall–Kier alpha value is -2.83. The number of carbonyl (C=O) groups excluding carboxylic acids is 2. The predicted molar refractivity (Wildman–Crippen MR) is 138 cm³/mol. The fourth-order valence-electron chi connectivity index (χ4n) is 4.19. The van der Waals surface area contributed by atoms with Crippen molar-refractivity contribution in [3.05, 3.63) is 69.8 Å². The Morgan fingerprint density at radius 2 is 1.77 bits per heavy atom. The monoisotopic (exact) mass is 499 g/mol. The third-order valence-corrected chi connectivity index (χ3v) is 6.12.